The number of para-hydroxylation sites is 2. The molecule has 2 rings (SSSR count). The lowest BCUT2D eigenvalue weighted by Crippen LogP contribution is -2.16. The second kappa shape index (κ2) is 6.02. The van der Waals surface area contributed by atoms with Crippen LogP contribution in [-0.4, -0.2) is 22.3 Å². The highest BCUT2D eigenvalue weighted by Crippen LogP contribution is 2.13. The molecule has 5 heteroatoms. The van der Waals surface area contributed by atoms with Crippen LogP contribution in [0.2, 0.25) is 0 Å². The fraction of sp³-hybridized carbons (Fsp3) is 0.385. The van der Waals surface area contributed by atoms with Crippen molar-refractivity contribution in [3.63, 3.8) is 0 Å². The molecule has 1 atom stereocenters. The van der Waals surface area contributed by atoms with E-state index < -0.39 is 0 Å². The molecule has 4 nitrogen and oxygen atoms in total. The maximum absolute atomic E-state index is 11.8. The maximum atomic E-state index is 11.8. The summed E-state index contributed by atoms with van der Waals surface area (Å²) in [5, 5.41) is 0. The molecule has 1 unspecified atom stereocenters. The van der Waals surface area contributed by atoms with Crippen LogP contribution in [-0.2, 0) is 5.75 Å². The highest BCUT2D eigenvalue weighted by atomic mass is 32.2. The van der Waals surface area contributed by atoms with E-state index in [-0.39, 0.29) is 5.56 Å². The Kier molecular flexibility index (Phi) is 4.38. The first kappa shape index (κ1) is 13.1. The van der Waals surface area contributed by atoms with Gasteiger partial charge in [-0.05, 0) is 30.3 Å². The molecule has 1 aromatic carbocycles. The second-order valence-electron chi connectivity index (χ2n) is 4.39. The van der Waals surface area contributed by atoms with Crippen LogP contribution in [0.15, 0.2) is 29.1 Å². The largest absolute Gasteiger partial charge is 0.330 e. The summed E-state index contributed by atoms with van der Waals surface area (Å²) in [7, 11) is 0. The molecule has 0 aliphatic heterocycles. The van der Waals surface area contributed by atoms with E-state index in [2.05, 4.69) is 16.9 Å². The van der Waals surface area contributed by atoms with E-state index >= 15 is 0 Å². The zero-order valence-electron chi connectivity index (χ0n) is 10.3. The van der Waals surface area contributed by atoms with E-state index in [0.717, 1.165) is 16.8 Å². The van der Waals surface area contributed by atoms with E-state index in [0.29, 0.717) is 23.9 Å². The molecule has 0 radical (unpaired) electrons. The predicted octanol–water partition coefficient (Wildman–Crippen LogP) is 1.75. The van der Waals surface area contributed by atoms with Crippen LogP contribution in [0.1, 0.15) is 12.6 Å². The molecular weight excluding hydrogens is 246 g/mol. The van der Waals surface area contributed by atoms with E-state index in [9.17, 15) is 4.79 Å². The van der Waals surface area contributed by atoms with Crippen molar-refractivity contribution >= 4 is 22.8 Å². The Morgan fingerprint density at radius 1 is 1.44 bits per heavy atom. The third-order valence-corrected chi connectivity index (χ3v) is 4.00. The standard InChI is InChI=1S/C13H17N3OS/c1-9(6-14)7-18-8-12-13(17)16-11-5-3-2-4-10(11)15-12/h2-5,9H,6-8,14H2,1H3,(H,16,17). The molecular formula is C13H17N3OS. The first-order valence-electron chi connectivity index (χ1n) is 5.96. The fourth-order valence-electron chi connectivity index (χ4n) is 1.59. The van der Waals surface area contributed by atoms with Gasteiger partial charge in [-0.25, -0.2) is 4.98 Å². The van der Waals surface area contributed by atoms with Crippen molar-refractivity contribution in [3.05, 3.63) is 40.3 Å². The number of nitrogens with one attached hydrogen (secondary N) is 1. The summed E-state index contributed by atoms with van der Waals surface area (Å²) < 4.78 is 0. The normalized spacial score (nSPS) is 12.8. The minimum Gasteiger partial charge on any atom is -0.330 e. The highest BCUT2D eigenvalue weighted by molar-refractivity contribution is 7.98. The van der Waals surface area contributed by atoms with Gasteiger partial charge in [0, 0.05) is 5.75 Å². The van der Waals surface area contributed by atoms with E-state index in [1.54, 1.807) is 11.8 Å². The van der Waals surface area contributed by atoms with Gasteiger partial charge in [-0.3, -0.25) is 4.79 Å². The summed E-state index contributed by atoms with van der Waals surface area (Å²) in [5.74, 6) is 2.05. The smallest absolute Gasteiger partial charge is 0.270 e. The van der Waals surface area contributed by atoms with Crippen molar-refractivity contribution in [1.29, 1.82) is 0 Å². The lowest BCUT2D eigenvalue weighted by atomic mass is 10.2. The molecule has 1 heterocycles. The molecule has 0 spiro atoms. The Morgan fingerprint density at radius 2 is 2.22 bits per heavy atom. The number of nitrogens with zero attached hydrogens (tertiary/aromatic N) is 1. The lowest BCUT2D eigenvalue weighted by molar-refractivity contribution is 0.675. The van der Waals surface area contributed by atoms with Gasteiger partial charge in [0.1, 0.15) is 5.69 Å². The zero-order valence-corrected chi connectivity index (χ0v) is 11.2. The highest BCUT2D eigenvalue weighted by Gasteiger charge is 2.06. The van der Waals surface area contributed by atoms with Crippen LogP contribution < -0.4 is 11.3 Å². The predicted molar refractivity (Wildman–Crippen MR) is 76.7 cm³/mol. The van der Waals surface area contributed by atoms with Crippen LogP contribution in [0.4, 0.5) is 0 Å². The summed E-state index contributed by atoms with van der Waals surface area (Å²) in [6, 6.07) is 7.57. The summed E-state index contributed by atoms with van der Waals surface area (Å²) in [6.45, 7) is 2.78. The monoisotopic (exact) mass is 263 g/mol. The van der Waals surface area contributed by atoms with E-state index in [1.165, 1.54) is 0 Å². The molecule has 3 N–H and O–H groups in total. The number of benzene rings is 1. The maximum Gasteiger partial charge on any atom is 0.270 e. The van der Waals surface area contributed by atoms with Gasteiger partial charge in [0.05, 0.1) is 11.0 Å². The summed E-state index contributed by atoms with van der Waals surface area (Å²) in [4.78, 5) is 19.1. The molecule has 0 fully saturated rings. The molecule has 1 aromatic heterocycles. The zero-order chi connectivity index (χ0) is 13.0. The number of nitrogens with two attached hydrogens (primary N) is 1. The van der Waals surface area contributed by atoms with Crippen LogP contribution in [0, 0.1) is 5.92 Å². The number of H-pyrrole nitrogens is 1. The molecule has 18 heavy (non-hydrogen) atoms. The number of hydrogen-bond acceptors (Lipinski definition) is 4. The average molecular weight is 263 g/mol. The summed E-state index contributed by atoms with van der Waals surface area (Å²) in [6.07, 6.45) is 0. The molecule has 0 bridgehead atoms. The van der Waals surface area contributed by atoms with Crippen molar-refractivity contribution in [3.8, 4) is 0 Å². The lowest BCUT2D eigenvalue weighted by Gasteiger charge is -2.07. The molecule has 0 saturated carbocycles. The number of hydrogen-bond donors (Lipinski definition) is 2. The fourth-order valence-corrected chi connectivity index (χ4v) is 2.64. The Bertz CT molecular complexity index is 582. The second-order valence-corrected chi connectivity index (χ2v) is 5.42. The third kappa shape index (κ3) is 3.11. The quantitative estimate of drug-likeness (QED) is 0.862. The van der Waals surface area contributed by atoms with Gasteiger partial charge in [-0.2, -0.15) is 11.8 Å². The molecule has 0 aliphatic carbocycles. The molecule has 2 aromatic rings. The molecule has 96 valence electrons. The van der Waals surface area contributed by atoms with Gasteiger partial charge in [-0.1, -0.05) is 19.1 Å². The number of thioether (sulfide) groups is 1. The van der Waals surface area contributed by atoms with Crippen molar-refractivity contribution in [2.24, 2.45) is 11.7 Å². The van der Waals surface area contributed by atoms with Gasteiger partial charge in [-0.15, -0.1) is 0 Å². The Hall–Kier alpha value is -1.33. The van der Waals surface area contributed by atoms with Crippen LogP contribution in [0.5, 0.6) is 0 Å². The van der Waals surface area contributed by atoms with Gasteiger partial charge in [0.2, 0.25) is 0 Å². The van der Waals surface area contributed by atoms with Gasteiger partial charge in [0.25, 0.3) is 5.56 Å². The van der Waals surface area contributed by atoms with E-state index in [1.807, 2.05) is 24.3 Å². The summed E-state index contributed by atoms with van der Waals surface area (Å²) >= 11 is 1.70. The van der Waals surface area contributed by atoms with Crippen LogP contribution >= 0.6 is 11.8 Å². The van der Waals surface area contributed by atoms with Crippen LogP contribution in [0.25, 0.3) is 11.0 Å². The van der Waals surface area contributed by atoms with Crippen LogP contribution in [0.3, 0.4) is 0 Å². The van der Waals surface area contributed by atoms with Gasteiger partial charge < -0.3 is 10.7 Å². The van der Waals surface area contributed by atoms with Crippen molar-refractivity contribution < 1.29 is 0 Å². The Labute approximate surface area is 110 Å². The van der Waals surface area contributed by atoms with Gasteiger partial charge in [0.15, 0.2) is 0 Å². The minimum atomic E-state index is -0.0957. The Balaban J connectivity index is 2.13. The molecule has 0 aliphatic rings. The van der Waals surface area contributed by atoms with Crippen molar-refractivity contribution in [2.45, 2.75) is 12.7 Å². The average Bonchev–Trinajstić information content (AvgIpc) is 2.39. The third-order valence-electron chi connectivity index (χ3n) is 2.71. The minimum absolute atomic E-state index is 0.0957. The topological polar surface area (TPSA) is 71.8 Å². The first-order valence-corrected chi connectivity index (χ1v) is 7.12. The number of fused-ring (bicyclic) bond motifs is 1. The first-order chi connectivity index (χ1) is 8.70. The molecule has 0 amide bonds. The van der Waals surface area contributed by atoms with Gasteiger partial charge >= 0.3 is 0 Å². The van der Waals surface area contributed by atoms with E-state index in [4.69, 9.17) is 5.73 Å². The number of aromatic nitrogens is 2. The summed E-state index contributed by atoms with van der Waals surface area (Å²) in [5.41, 5.74) is 7.67. The Morgan fingerprint density at radius 3 is 3.00 bits per heavy atom. The van der Waals surface area contributed by atoms with Crippen molar-refractivity contribution in [2.75, 3.05) is 12.3 Å². The number of rotatable bonds is 5. The SMILES string of the molecule is CC(CN)CSCc1nc2ccccc2[nH]c1=O. The van der Waals surface area contributed by atoms with Crippen molar-refractivity contribution in [1.82, 2.24) is 9.97 Å². The molecule has 0 saturated heterocycles. The number of aromatic amines is 1.